The van der Waals surface area contributed by atoms with Crippen molar-refractivity contribution < 1.29 is 19.1 Å². The molecule has 0 bridgehead atoms. The average molecular weight is 427 g/mol. The molecule has 0 aliphatic rings. The second-order valence-electron chi connectivity index (χ2n) is 6.02. The van der Waals surface area contributed by atoms with Crippen LogP contribution in [0, 0.1) is 0 Å². The largest absolute Gasteiger partial charge is 0.424 e. The van der Waals surface area contributed by atoms with Crippen molar-refractivity contribution in [1.29, 1.82) is 0 Å². The molecule has 0 amide bonds. The highest BCUT2D eigenvalue weighted by atomic mass is 35.5. The van der Waals surface area contributed by atoms with Gasteiger partial charge in [0, 0.05) is 23.2 Å². The number of fused-ring (bicyclic) bond motifs is 2. The molecule has 0 saturated carbocycles. The van der Waals surface area contributed by atoms with Crippen molar-refractivity contribution in [3.05, 3.63) is 71.0 Å². The van der Waals surface area contributed by atoms with E-state index in [2.05, 4.69) is 9.97 Å². The van der Waals surface area contributed by atoms with Crippen molar-refractivity contribution in [2.24, 2.45) is 0 Å². The van der Waals surface area contributed by atoms with Gasteiger partial charge in [-0.3, -0.25) is 19.6 Å². The fourth-order valence-electron chi connectivity index (χ4n) is 2.82. The molecule has 0 spiro atoms. The summed E-state index contributed by atoms with van der Waals surface area (Å²) in [6, 6.07) is 13.2. The number of aromatic nitrogens is 2. The quantitative estimate of drug-likeness (QED) is 0.259. The number of benzene rings is 2. The summed E-state index contributed by atoms with van der Waals surface area (Å²) in [6.07, 6.45) is 2.53. The number of hydrogen-bond donors (Lipinski definition) is 0. The Balaban J connectivity index is 1.50. The highest BCUT2D eigenvalue weighted by Gasteiger charge is 2.18. The first-order valence-corrected chi connectivity index (χ1v) is 9.26. The van der Waals surface area contributed by atoms with Crippen molar-refractivity contribution in [2.75, 3.05) is 0 Å². The van der Waals surface area contributed by atoms with E-state index in [0.29, 0.717) is 31.9 Å². The van der Waals surface area contributed by atoms with Gasteiger partial charge in [0.1, 0.15) is 17.5 Å². The van der Waals surface area contributed by atoms with Gasteiger partial charge in [-0.15, -0.1) is 0 Å². The Labute approximate surface area is 175 Å². The lowest BCUT2D eigenvalue weighted by Gasteiger charge is -2.09. The zero-order valence-corrected chi connectivity index (χ0v) is 16.3. The summed E-state index contributed by atoms with van der Waals surface area (Å²) in [4.78, 5) is 32.8. The normalized spacial score (nSPS) is 10.8. The SMILES string of the molecule is O=C(CC(=O)Oc1ccc(Cl)c2cccnc12)Oc1ccc(Cl)c2cccnc12. The van der Waals surface area contributed by atoms with Gasteiger partial charge in [0.15, 0.2) is 11.5 Å². The van der Waals surface area contributed by atoms with Crippen LogP contribution in [0.3, 0.4) is 0 Å². The number of ether oxygens (including phenoxy) is 2. The molecule has 6 nitrogen and oxygen atoms in total. The molecule has 0 fully saturated rings. The number of hydrogen-bond acceptors (Lipinski definition) is 6. The van der Waals surface area contributed by atoms with Crippen LogP contribution in [0.1, 0.15) is 6.42 Å². The summed E-state index contributed by atoms with van der Waals surface area (Å²) < 4.78 is 10.6. The van der Waals surface area contributed by atoms with E-state index in [1.54, 1.807) is 48.8 Å². The van der Waals surface area contributed by atoms with Crippen LogP contribution >= 0.6 is 23.2 Å². The fourth-order valence-corrected chi connectivity index (χ4v) is 3.25. The van der Waals surface area contributed by atoms with Gasteiger partial charge in [0.2, 0.25) is 0 Å². The Morgan fingerprint density at radius 1 is 0.724 bits per heavy atom. The van der Waals surface area contributed by atoms with E-state index in [1.807, 2.05) is 0 Å². The molecule has 29 heavy (non-hydrogen) atoms. The van der Waals surface area contributed by atoms with Crippen molar-refractivity contribution in [3.8, 4) is 11.5 Å². The van der Waals surface area contributed by atoms with E-state index < -0.39 is 18.4 Å². The second-order valence-corrected chi connectivity index (χ2v) is 6.83. The lowest BCUT2D eigenvalue weighted by atomic mass is 10.2. The molecule has 8 heteroatoms. The minimum atomic E-state index is -0.782. The van der Waals surface area contributed by atoms with Gasteiger partial charge in [-0.05, 0) is 48.5 Å². The number of carbonyl (C=O) groups excluding carboxylic acids is 2. The monoisotopic (exact) mass is 426 g/mol. The lowest BCUT2D eigenvalue weighted by Crippen LogP contribution is -2.18. The van der Waals surface area contributed by atoms with Crippen LogP contribution in [0.25, 0.3) is 21.8 Å². The minimum absolute atomic E-state index is 0.210. The predicted octanol–water partition coefficient (Wildman–Crippen LogP) is 4.99. The summed E-state index contributed by atoms with van der Waals surface area (Å²) >= 11 is 12.3. The van der Waals surface area contributed by atoms with Crippen LogP contribution in [0.5, 0.6) is 11.5 Å². The van der Waals surface area contributed by atoms with E-state index in [4.69, 9.17) is 32.7 Å². The minimum Gasteiger partial charge on any atom is -0.424 e. The van der Waals surface area contributed by atoms with Gasteiger partial charge in [-0.1, -0.05) is 23.2 Å². The Morgan fingerprint density at radius 3 is 1.62 bits per heavy atom. The van der Waals surface area contributed by atoms with E-state index in [1.165, 1.54) is 12.1 Å². The molecule has 0 aliphatic heterocycles. The first-order valence-electron chi connectivity index (χ1n) is 8.51. The molecule has 4 aromatic rings. The maximum Gasteiger partial charge on any atom is 0.322 e. The first kappa shape index (κ1) is 19.1. The van der Waals surface area contributed by atoms with Crippen molar-refractivity contribution >= 4 is 56.9 Å². The van der Waals surface area contributed by atoms with Crippen LogP contribution in [0.4, 0.5) is 0 Å². The topological polar surface area (TPSA) is 78.4 Å². The first-order chi connectivity index (χ1) is 14.0. The summed E-state index contributed by atoms with van der Waals surface area (Å²) in [5.74, 6) is -1.14. The number of halogens is 2. The maximum atomic E-state index is 12.2. The molecule has 0 unspecified atom stereocenters. The third kappa shape index (κ3) is 3.99. The number of nitrogens with zero attached hydrogens (tertiary/aromatic N) is 2. The van der Waals surface area contributed by atoms with Crippen LogP contribution in [-0.2, 0) is 9.59 Å². The second kappa shape index (κ2) is 8.03. The third-order valence-electron chi connectivity index (χ3n) is 4.10. The van der Waals surface area contributed by atoms with E-state index in [0.717, 1.165) is 0 Å². The van der Waals surface area contributed by atoms with Gasteiger partial charge in [-0.2, -0.15) is 0 Å². The highest BCUT2D eigenvalue weighted by Crippen LogP contribution is 2.31. The molecule has 0 atom stereocenters. The van der Waals surface area contributed by atoms with Gasteiger partial charge >= 0.3 is 11.9 Å². The standard InChI is InChI=1S/C21H12Cl2N2O4/c22-14-5-7-16(20-12(14)3-1-9-24-20)28-18(26)11-19(27)29-17-8-6-15(23)13-4-2-10-25-21(13)17/h1-10H,11H2. The molecule has 0 aliphatic carbocycles. The molecule has 2 aromatic heterocycles. The van der Waals surface area contributed by atoms with Crippen LogP contribution in [0.15, 0.2) is 60.9 Å². The molecular weight excluding hydrogens is 415 g/mol. The van der Waals surface area contributed by atoms with Crippen LogP contribution in [-0.4, -0.2) is 21.9 Å². The number of esters is 2. The van der Waals surface area contributed by atoms with E-state index in [-0.39, 0.29) is 11.5 Å². The smallest absolute Gasteiger partial charge is 0.322 e. The third-order valence-corrected chi connectivity index (χ3v) is 4.75. The Morgan fingerprint density at radius 2 is 1.17 bits per heavy atom. The van der Waals surface area contributed by atoms with E-state index >= 15 is 0 Å². The highest BCUT2D eigenvalue weighted by molar-refractivity contribution is 6.36. The number of rotatable bonds is 4. The summed E-state index contributed by atoms with van der Waals surface area (Å²) in [5.41, 5.74) is 0.851. The maximum absolute atomic E-state index is 12.2. The van der Waals surface area contributed by atoms with Crippen LogP contribution < -0.4 is 9.47 Å². The molecule has 144 valence electrons. The summed E-state index contributed by atoms with van der Waals surface area (Å²) in [6.45, 7) is 0. The Kier molecular flexibility index (Phi) is 5.29. The molecular formula is C21H12Cl2N2O4. The molecule has 0 radical (unpaired) electrons. The summed E-state index contributed by atoms with van der Waals surface area (Å²) in [5, 5.41) is 2.24. The van der Waals surface area contributed by atoms with Gasteiger partial charge < -0.3 is 9.47 Å². The van der Waals surface area contributed by atoms with E-state index in [9.17, 15) is 9.59 Å². The zero-order chi connectivity index (χ0) is 20.4. The molecule has 0 N–H and O–H groups in total. The van der Waals surface area contributed by atoms with Crippen molar-refractivity contribution in [2.45, 2.75) is 6.42 Å². The number of carbonyl (C=O) groups is 2. The lowest BCUT2D eigenvalue weighted by molar-refractivity contribution is -0.144. The van der Waals surface area contributed by atoms with Gasteiger partial charge in [0.25, 0.3) is 0 Å². The molecule has 2 heterocycles. The fraction of sp³-hybridized carbons (Fsp3) is 0.0476. The molecule has 0 saturated heterocycles. The zero-order valence-electron chi connectivity index (χ0n) is 14.8. The predicted molar refractivity (Wildman–Crippen MR) is 109 cm³/mol. The Bertz CT molecular complexity index is 1160. The number of pyridine rings is 2. The molecule has 2 aromatic carbocycles. The van der Waals surface area contributed by atoms with Gasteiger partial charge in [-0.25, -0.2) is 0 Å². The summed E-state index contributed by atoms with van der Waals surface area (Å²) in [7, 11) is 0. The average Bonchev–Trinajstić information content (AvgIpc) is 2.72. The molecule has 4 rings (SSSR count). The van der Waals surface area contributed by atoms with Crippen LogP contribution in [0.2, 0.25) is 10.0 Å². The Hall–Kier alpha value is -3.22. The van der Waals surface area contributed by atoms with Crippen molar-refractivity contribution in [3.63, 3.8) is 0 Å². The van der Waals surface area contributed by atoms with Crippen molar-refractivity contribution in [1.82, 2.24) is 9.97 Å². The van der Waals surface area contributed by atoms with Gasteiger partial charge in [0.05, 0.1) is 10.0 Å².